The zero-order chi connectivity index (χ0) is 17.9. The molecule has 0 aliphatic carbocycles. The molecule has 0 spiro atoms. The van der Waals surface area contributed by atoms with Gasteiger partial charge in [0.2, 0.25) is 0 Å². The van der Waals surface area contributed by atoms with Crippen LogP contribution in [0.5, 0.6) is 0 Å². The average Bonchev–Trinajstić information content (AvgIpc) is 3.38. The molecule has 2 aromatic heterocycles. The van der Waals surface area contributed by atoms with Crippen LogP contribution >= 0.6 is 22.7 Å². The molecule has 0 saturated carbocycles. The van der Waals surface area contributed by atoms with E-state index in [1.165, 1.54) is 4.88 Å². The molecular formula is C19H18N2O2S3. The van der Waals surface area contributed by atoms with Crippen LogP contribution in [0.2, 0.25) is 0 Å². The highest BCUT2D eigenvalue weighted by molar-refractivity contribution is 7.92. The number of fused-ring (bicyclic) bond motifs is 3. The summed E-state index contributed by atoms with van der Waals surface area (Å²) in [6, 6.07) is 7.94. The molecule has 0 radical (unpaired) electrons. The molecule has 0 unspecified atom stereocenters. The van der Waals surface area contributed by atoms with Gasteiger partial charge in [-0.2, -0.15) is 11.3 Å². The maximum Gasteiger partial charge on any atom is 0.183 e. The van der Waals surface area contributed by atoms with Gasteiger partial charge in [0.05, 0.1) is 21.3 Å². The van der Waals surface area contributed by atoms with Crippen molar-refractivity contribution in [3.8, 4) is 11.1 Å². The smallest absolute Gasteiger partial charge is 0.183 e. The highest BCUT2D eigenvalue weighted by Crippen LogP contribution is 2.46. The molecule has 1 fully saturated rings. The van der Waals surface area contributed by atoms with Gasteiger partial charge in [-0.05, 0) is 52.6 Å². The number of benzene rings is 1. The van der Waals surface area contributed by atoms with Gasteiger partial charge in [-0.3, -0.25) is 4.90 Å². The van der Waals surface area contributed by atoms with Crippen molar-refractivity contribution in [2.24, 2.45) is 0 Å². The predicted octanol–water partition coefficient (Wildman–Crippen LogP) is 3.94. The van der Waals surface area contributed by atoms with E-state index in [-0.39, 0.29) is 11.2 Å². The van der Waals surface area contributed by atoms with Crippen LogP contribution < -0.4 is 0 Å². The number of thiophene rings is 1. The number of thiazole rings is 1. The number of hydrogen-bond donors (Lipinski definition) is 0. The van der Waals surface area contributed by atoms with Crippen molar-refractivity contribution < 1.29 is 8.42 Å². The van der Waals surface area contributed by atoms with E-state index in [1.54, 1.807) is 22.7 Å². The molecule has 0 N–H and O–H groups in total. The van der Waals surface area contributed by atoms with Crippen molar-refractivity contribution in [3.63, 3.8) is 0 Å². The largest absolute Gasteiger partial charge is 0.296 e. The number of likely N-dealkylation sites (tertiary alicyclic amines) is 1. The van der Waals surface area contributed by atoms with Crippen molar-refractivity contribution in [1.82, 2.24) is 9.88 Å². The van der Waals surface area contributed by atoms with Crippen LogP contribution in [0.3, 0.4) is 0 Å². The fourth-order valence-electron chi connectivity index (χ4n) is 4.14. The fourth-order valence-corrected chi connectivity index (χ4v) is 7.82. The lowest BCUT2D eigenvalue weighted by Crippen LogP contribution is -2.25. The van der Waals surface area contributed by atoms with Gasteiger partial charge in [-0.25, -0.2) is 13.4 Å². The molecule has 2 atom stereocenters. The first-order valence-corrected chi connectivity index (χ1v) is 11.9. The van der Waals surface area contributed by atoms with Gasteiger partial charge in [-0.15, -0.1) is 11.3 Å². The lowest BCUT2D eigenvalue weighted by Gasteiger charge is -2.16. The third-order valence-corrected chi connectivity index (χ3v) is 9.39. The van der Waals surface area contributed by atoms with E-state index in [9.17, 15) is 8.42 Å². The molecule has 134 valence electrons. The van der Waals surface area contributed by atoms with Crippen molar-refractivity contribution in [2.45, 2.75) is 29.5 Å². The topological polar surface area (TPSA) is 50.3 Å². The van der Waals surface area contributed by atoms with Crippen LogP contribution in [0.4, 0.5) is 0 Å². The van der Waals surface area contributed by atoms with Crippen LogP contribution in [0, 0.1) is 6.92 Å². The predicted molar refractivity (Wildman–Crippen MR) is 106 cm³/mol. The second-order valence-corrected chi connectivity index (χ2v) is 10.9. The minimum Gasteiger partial charge on any atom is -0.296 e. The van der Waals surface area contributed by atoms with Crippen LogP contribution in [0.1, 0.15) is 22.1 Å². The average molecular weight is 403 g/mol. The number of hydrogen-bond acceptors (Lipinski definition) is 6. The highest BCUT2D eigenvalue weighted by atomic mass is 32.2. The minimum absolute atomic E-state index is 0.0711. The monoisotopic (exact) mass is 402 g/mol. The number of sulfone groups is 1. The van der Waals surface area contributed by atoms with Gasteiger partial charge in [0, 0.05) is 30.4 Å². The summed E-state index contributed by atoms with van der Waals surface area (Å²) < 4.78 is 26.1. The summed E-state index contributed by atoms with van der Waals surface area (Å²) >= 11 is 3.31. The molecule has 0 amide bonds. The molecule has 3 aromatic rings. The number of rotatable bonds is 3. The molecule has 4 nitrogen and oxygen atoms in total. The summed E-state index contributed by atoms with van der Waals surface area (Å²) in [7, 11) is -3.24. The Kier molecular flexibility index (Phi) is 3.83. The molecule has 26 heavy (non-hydrogen) atoms. The summed E-state index contributed by atoms with van der Waals surface area (Å²) in [5.74, 6) is 0.0711. The van der Waals surface area contributed by atoms with Gasteiger partial charge >= 0.3 is 0 Å². The first-order chi connectivity index (χ1) is 12.5. The molecule has 2 aliphatic heterocycles. The minimum atomic E-state index is -3.24. The molecule has 7 heteroatoms. The third-order valence-electron chi connectivity index (χ3n) is 5.52. The Morgan fingerprint density at radius 2 is 2.12 bits per heavy atom. The van der Waals surface area contributed by atoms with E-state index < -0.39 is 9.84 Å². The Hall–Kier alpha value is -1.54. The first-order valence-electron chi connectivity index (χ1n) is 8.56. The lowest BCUT2D eigenvalue weighted by atomic mass is 9.95. The van der Waals surface area contributed by atoms with Crippen LogP contribution in [0.15, 0.2) is 45.4 Å². The van der Waals surface area contributed by atoms with E-state index >= 15 is 0 Å². The van der Waals surface area contributed by atoms with Crippen LogP contribution in [0.25, 0.3) is 11.1 Å². The van der Waals surface area contributed by atoms with Crippen molar-refractivity contribution in [3.05, 3.63) is 56.7 Å². The van der Waals surface area contributed by atoms with Crippen molar-refractivity contribution in [1.29, 1.82) is 0 Å². The zero-order valence-corrected chi connectivity index (χ0v) is 16.7. The quantitative estimate of drug-likeness (QED) is 0.666. The summed E-state index contributed by atoms with van der Waals surface area (Å²) in [4.78, 5) is 8.35. The number of aryl methyl sites for hydroxylation is 1. The van der Waals surface area contributed by atoms with Crippen LogP contribution in [-0.4, -0.2) is 36.6 Å². The van der Waals surface area contributed by atoms with E-state index in [0.717, 1.165) is 35.5 Å². The van der Waals surface area contributed by atoms with Gasteiger partial charge in [0.15, 0.2) is 9.84 Å². The van der Waals surface area contributed by atoms with E-state index in [2.05, 4.69) is 32.8 Å². The number of aromatic nitrogens is 1. The molecule has 1 aromatic carbocycles. The maximum absolute atomic E-state index is 13.0. The van der Waals surface area contributed by atoms with E-state index in [1.807, 2.05) is 24.6 Å². The van der Waals surface area contributed by atoms with Crippen LogP contribution in [-0.2, 0) is 16.4 Å². The summed E-state index contributed by atoms with van der Waals surface area (Å²) in [5.41, 5.74) is 6.18. The Morgan fingerprint density at radius 3 is 2.85 bits per heavy atom. The van der Waals surface area contributed by atoms with Gasteiger partial charge in [0.25, 0.3) is 0 Å². The third kappa shape index (κ3) is 2.49. The maximum atomic E-state index is 13.0. The number of nitrogens with zero attached hydrogens (tertiary/aromatic N) is 2. The Balaban J connectivity index is 1.50. The fraction of sp³-hybridized carbons (Fsp3) is 0.316. The molecule has 1 saturated heterocycles. The van der Waals surface area contributed by atoms with Gasteiger partial charge < -0.3 is 0 Å². The Morgan fingerprint density at radius 1 is 1.23 bits per heavy atom. The molecular weight excluding hydrogens is 384 g/mol. The summed E-state index contributed by atoms with van der Waals surface area (Å²) in [6.45, 7) is 4.20. The molecule has 2 aliphatic rings. The Labute approximate surface area is 161 Å². The van der Waals surface area contributed by atoms with Gasteiger partial charge in [0.1, 0.15) is 0 Å². The second kappa shape index (κ2) is 5.99. The van der Waals surface area contributed by atoms with Crippen molar-refractivity contribution >= 4 is 32.5 Å². The molecule has 5 rings (SSSR count). The van der Waals surface area contributed by atoms with E-state index in [0.29, 0.717) is 11.4 Å². The zero-order valence-electron chi connectivity index (χ0n) is 14.3. The summed E-state index contributed by atoms with van der Waals surface area (Å²) in [6.07, 6.45) is 0. The highest BCUT2D eigenvalue weighted by Gasteiger charge is 2.50. The molecule has 0 bridgehead atoms. The SMILES string of the molecule is Cc1ncsc1CN1C[C@H]2c3cc(-c4ccsc4)ccc3S(=O)(=O)[C@H]2C1. The summed E-state index contributed by atoms with van der Waals surface area (Å²) in [5, 5.41) is 3.84. The molecule has 4 heterocycles. The van der Waals surface area contributed by atoms with Gasteiger partial charge in [-0.1, -0.05) is 6.07 Å². The van der Waals surface area contributed by atoms with E-state index in [4.69, 9.17) is 0 Å². The normalized spacial score (nSPS) is 23.9. The lowest BCUT2D eigenvalue weighted by molar-refractivity contribution is 0.327. The first kappa shape index (κ1) is 16.6. The Bertz CT molecular complexity index is 1070. The van der Waals surface area contributed by atoms with Crippen molar-refractivity contribution in [2.75, 3.05) is 13.1 Å². The standard InChI is InChI=1S/C19H18N2O2S3/c1-12-17(25-11-20-12)8-21-7-16-15-6-13(14-4-5-24-10-14)2-3-18(15)26(22,23)19(16)9-21/h2-6,10-11,16,19H,7-9H2,1H3/t16-,19-/m0/s1. The second-order valence-electron chi connectivity index (χ2n) is 7.01.